The predicted molar refractivity (Wildman–Crippen MR) is 72.6 cm³/mol. The molecule has 0 spiro atoms. The highest BCUT2D eigenvalue weighted by atomic mass is 32.2. The molecule has 16 heavy (non-hydrogen) atoms. The highest BCUT2D eigenvalue weighted by Crippen LogP contribution is 2.14. The fourth-order valence-electron chi connectivity index (χ4n) is 1.45. The Hall–Kier alpha value is -0.910. The fourth-order valence-corrected chi connectivity index (χ4v) is 1.86. The van der Waals surface area contributed by atoms with E-state index in [0.717, 1.165) is 32.4 Å². The molecule has 0 atom stereocenters. The number of rotatable bonds is 7. The van der Waals surface area contributed by atoms with Crippen molar-refractivity contribution >= 4 is 11.8 Å². The molecule has 2 heteroatoms. The number of terminal acetylenes is 1. The lowest BCUT2D eigenvalue weighted by Gasteiger charge is -2.04. The van der Waals surface area contributed by atoms with Crippen LogP contribution in [0.4, 0.5) is 0 Å². The Morgan fingerprint density at radius 1 is 1.25 bits per heavy atom. The molecule has 0 bridgehead atoms. The summed E-state index contributed by atoms with van der Waals surface area (Å²) < 4.78 is 0. The second-order valence-electron chi connectivity index (χ2n) is 3.69. The Bertz CT molecular complexity index is 324. The van der Waals surface area contributed by atoms with E-state index in [1.165, 1.54) is 10.5 Å². The number of unbranched alkanes of at least 4 members (excludes halogenated alkanes) is 2. The van der Waals surface area contributed by atoms with Crippen LogP contribution in [0.5, 0.6) is 0 Å². The summed E-state index contributed by atoms with van der Waals surface area (Å²) in [4.78, 5) is 1.32. The molecule has 1 aromatic rings. The molecule has 86 valence electrons. The van der Waals surface area contributed by atoms with E-state index in [-0.39, 0.29) is 0 Å². The molecule has 0 aliphatic carbocycles. The van der Waals surface area contributed by atoms with E-state index in [1.54, 1.807) is 11.8 Å². The summed E-state index contributed by atoms with van der Waals surface area (Å²) in [6.45, 7) is 2.00. The van der Waals surface area contributed by atoms with Gasteiger partial charge in [-0.1, -0.05) is 12.1 Å². The zero-order valence-corrected chi connectivity index (χ0v) is 10.6. The average Bonchev–Trinajstić information content (AvgIpc) is 2.34. The number of thioether (sulfide) groups is 1. The zero-order valence-electron chi connectivity index (χ0n) is 9.83. The van der Waals surface area contributed by atoms with Gasteiger partial charge in [0, 0.05) is 17.9 Å². The van der Waals surface area contributed by atoms with Crippen LogP contribution in [0.3, 0.4) is 0 Å². The van der Waals surface area contributed by atoms with Crippen molar-refractivity contribution in [3.05, 3.63) is 29.8 Å². The minimum absolute atomic E-state index is 0.893. The minimum atomic E-state index is 0.893. The second-order valence-corrected chi connectivity index (χ2v) is 4.57. The maximum atomic E-state index is 5.19. The van der Waals surface area contributed by atoms with Crippen LogP contribution in [-0.4, -0.2) is 12.8 Å². The summed E-state index contributed by atoms with van der Waals surface area (Å²) in [7, 11) is 0. The van der Waals surface area contributed by atoms with Crippen LogP contribution >= 0.6 is 11.8 Å². The van der Waals surface area contributed by atoms with Gasteiger partial charge >= 0.3 is 0 Å². The van der Waals surface area contributed by atoms with Crippen molar-refractivity contribution in [1.29, 1.82) is 0 Å². The van der Waals surface area contributed by atoms with Gasteiger partial charge in [-0.3, -0.25) is 0 Å². The maximum Gasteiger partial charge on any atom is 0.0205 e. The summed E-state index contributed by atoms with van der Waals surface area (Å²) in [6.07, 6.45) is 10.5. The molecule has 0 fully saturated rings. The Labute approximate surface area is 103 Å². The van der Waals surface area contributed by atoms with Crippen molar-refractivity contribution in [3.63, 3.8) is 0 Å². The van der Waals surface area contributed by atoms with Crippen molar-refractivity contribution < 1.29 is 0 Å². The molecule has 0 aromatic heterocycles. The quantitative estimate of drug-likeness (QED) is 0.440. The highest BCUT2D eigenvalue weighted by Gasteiger charge is 1.93. The van der Waals surface area contributed by atoms with E-state index in [9.17, 15) is 0 Å². The van der Waals surface area contributed by atoms with E-state index in [0.29, 0.717) is 0 Å². The Morgan fingerprint density at radius 3 is 2.62 bits per heavy atom. The minimum Gasteiger partial charge on any atom is -0.313 e. The smallest absolute Gasteiger partial charge is 0.0205 e. The number of nitrogens with one attached hydrogen (secondary N) is 1. The largest absolute Gasteiger partial charge is 0.313 e. The highest BCUT2D eigenvalue weighted by molar-refractivity contribution is 7.98. The van der Waals surface area contributed by atoms with Gasteiger partial charge < -0.3 is 5.32 Å². The van der Waals surface area contributed by atoms with Gasteiger partial charge in [-0.25, -0.2) is 0 Å². The third-order valence-corrected chi connectivity index (χ3v) is 3.16. The first-order valence-corrected chi connectivity index (χ1v) is 6.86. The van der Waals surface area contributed by atoms with E-state index >= 15 is 0 Å². The number of hydrogen-bond acceptors (Lipinski definition) is 2. The first-order valence-electron chi connectivity index (χ1n) is 5.64. The summed E-state index contributed by atoms with van der Waals surface area (Å²) in [6, 6.07) is 8.70. The van der Waals surface area contributed by atoms with Crippen molar-refractivity contribution in [1.82, 2.24) is 5.32 Å². The Morgan fingerprint density at radius 2 is 2.00 bits per heavy atom. The van der Waals surface area contributed by atoms with Gasteiger partial charge in [0.05, 0.1) is 0 Å². The molecule has 0 heterocycles. The molecule has 0 radical (unpaired) electrons. The van der Waals surface area contributed by atoms with Crippen LogP contribution in [0.1, 0.15) is 24.8 Å². The van der Waals surface area contributed by atoms with Gasteiger partial charge in [0.25, 0.3) is 0 Å². The van der Waals surface area contributed by atoms with Crippen LogP contribution in [0.2, 0.25) is 0 Å². The molecule has 0 saturated heterocycles. The molecule has 1 rings (SSSR count). The third-order valence-electron chi connectivity index (χ3n) is 2.41. The van der Waals surface area contributed by atoms with Gasteiger partial charge in [-0.2, -0.15) is 0 Å². The molecule has 0 aliphatic rings. The van der Waals surface area contributed by atoms with Gasteiger partial charge in [0.15, 0.2) is 0 Å². The van der Waals surface area contributed by atoms with Crippen LogP contribution in [0.25, 0.3) is 0 Å². The van der Waals surface area contributed by atoms with Gasteiger partial charge in [0.1, 0.15) is 0 Å². The maximum absolute atomic E-state index is 5.19. The molecule has 1 N–H and O–H groups in total. The van der Waals surface area contributed by atoms with E-state index in [4.69, 9.17) is 6.42 Å². The molecule has 0 aliphatic heterocycles. The van der Waals surface area contributed by atoms with Crippen LogP contribution in [0, 0.1) is 12.3 Å². The molecule has 0 unspecified atom stereocenters. The number of hydrogen-bond donors (Lipinski definition) is 1. The monoisotopic (exact) mass is 233 g/mol. The lowest BCUT2D eigenvalue weighted by Crippen LogP contribution is -2.14. The molecule has 1 nitrogen and oxygen atoms in total. The third kappa shape index (κ3) is 5.25. The van der Waals surface area contributed by atoms with Crippen molar-refractivity contribution in [2.75, 3.05) is 12.8 Å². The second kappa shape index (κ2) is 8.27. The molecular formula is C14H19NS. The summed E-state index contributed by atoms with van der Waals surface area (Å²) in [5, 5.41) is 3.42. The van der Waals surface area contributed by atoms with E-state index in [1.807, 2.05) is 0 Å². The van der Waals surface area contributed by atoms with Crippen LogP contribution < -0.4 is 5.32 Å². The summed E-state index contributed by atoms with van der Waals surface area (Å²) >= 11 is 1.78. The molecule has 0 amide bonds. The van der Waals surface area contributed by atoms with Crippen molar-refractivity contribution in [3.8, 4) is 12.3 Å². The normalized spacial score (nSPS) is 10.0. The van der Waals surface area contributed by atoms with Gasteiger partial charge in [-0.05, 0) is 43.3 Å². The zero-order chi connectivity index (χ0) is 11.6. The van der Waals surface area contributed by atoms with Crippen LogP contribution in [0.15, 0.2) is 29.2 Å². The van der Waals surface area contributed by atoms with Crippen molar-refractivity contribution in [2.45, 2.75) is 30.7 Å². The summed E-state index contributed by atoms with van der Waals surface area (Å²) in [5.74, 6) is 2.66. The standard InChI is InChI=1S/C14H19NS/c1-3-4-5-6-11-15-12-13-7-9-14(16-2)10-8-13/h1,7-10,15H,4-6,11-12H2,2H3. The Balaban J connectivity index is 2.15. The van der Waals surface area contributed by atoms with Gasteiger partial charge in [-0.15, -0.1) is 24.1 Å². The topological polar surface area (TPSA) is 12.0 Å². The number of benzene rings is 1. The molecule has 1 aromatic carbocycles. The lowest BCUT2D eigenvalue weighted by molar-refractivity contribution is 0.629. The van der Waals surface area contributed by atoms with E-state index < -0.39 is 0 Å². The first-order chi connectivity index (χ1) is 7.86. The lowest BCUT2D eigenvalue weighted by atomic mass is 10.2. The van der Waals surface area contributed by atoms with Crippen molar-refractivity contribution in [2.24, 2.45) is 0 Å². The molecule has 0 saturated carbocycles. The average molecular weight is 233 g/mol. The van der Waals surface area contributed by atoms with Gasteiger partial charge in [0.2, 0.25) is 0 Å². The SMILES string of the molecule is C#CCCCCNCc1ccc(SC)cc1. The molecular weight excluding hydrogens is 214 g/mol. The van der Waals surface area contributed by atoms with E-state index in [2.05, 4.69) is 41.8 Å². The van der Waals surface area contributed by atoms with Crippen LogP contribution in [-0.2, 0) is 6.54 Å². The predicted octanol–water partition coefficient (Wildman–Crippen LogP) is 3.30. The summed E-state index contributed by atoms with van der Waals surface area (Å²) in [5.41, 5.74) is 1.34. The Kier molecular flexibility index (Phi) is 6.80. The fraction of sp³-hybridized carbons (Fsp3) is 0.429. The first kappa shape index (κ1) is 13.2.